The Morgan fingerprint density at radius 3 is 2.63 bits per heavy atom. The summed E-state index contributed by atoms with van der Waals surface area (Å²) in [5, 5.41) is 5.23. The Bertz CT molecular complexity index is 986. The van der Waals surface area contributed by atoms with Crippen molar-refractivity contribution in [1.82, 2.24) is 9.78 Å². The monoisotopic (exact) mass is 384 g/mol. The van der Waals surface area contributed by atoms with Crippen LogP contribution in [0.1, 0.15) is 16.2 Å². The number of hydrogen-bond acceptors (Lipinski definition) is 3. The molecule has 2 heterocycles. The van der Waals surface area contributed by atoms with E-state index in [1.807, 2.05) is 42.3 Å². The van der Waals surface area contributed by atoms with Gasteiger partial charge in [-0.2, -0.15) is 5.10 Å². The molecule has 0 fully saturated rings. The fourth-order valence-corrected chi connectivity index (χ4v) is 3.56. The van der Waals surface area contributed by atoms with Gasteiger partial charge in [-0.05, 0) is 42.5 Å². The highest BCUT2D eigenvalue weighted by molar-refractivity contribution is 6.33. The second-order valence-corrected chi connectivity index (χ2v) is 6.89. The van der Waals surface area contributed by atoms with Crippen molar-refractivity contribution >= 4 is 28.9 Å². The summed E-state index contributed by atoms with van der Waals surface area (Å²) in [6, 6.07) is 15.4. The summed E-state index contributed by atoms with van der Waals surface area (Å²) in [5.74, 6) is -0.454. The fraction of sp³-hybridized carbons (Fsp3) is 0.200. The predicted octanol–water partition coefficient (Wildman–Crippen LogP) is 3.97. The van der Waals surface area contributed by atoms with Gasteiger partial charge < -0.3 is 9.80 Å². The first kappa shape index (κ1) is 17.5. The summed E-state index contributed by atoms with van der Waals surface area (Å²) in [6.45, 7) is 1.63. The topological polar surface area (TPSA) is 41.4 Å². The van der Waals surface area contributed by atoms with Crippen molar-refractivity contribution in [3.8, 4) is 0 Å². The van der Waals surface area contributed by atoms with Crippen molar-refractivity contribution < 1.29 is 9.18 Å². The minimum atomic E-state index is -0.321. The summed E-state index contributed by atoms with van der Waals surface area (Å²) in [6.07, 6.45) is 0. The maximum atomic E-state index is 13.2. The largest absolute Gasteiger partial charge is 0.367 e. The Labute approximate surface area is 161 Å². The van der Waals surface area contributed by atoms with E-state index < -0.39 is 0 Å². The van der Waals surface area contributed by atoms with Gasteiger partial charge in [-0.25, -0.2) is 4.39 Å². The van der Waals surface area contributed by atoms with Crippen molar-refractivity contribution in [3.05, 3.63) is 76.8 Å². The molecule has 0 atom stereocenters. The number of carbonyl (C=O) groups is 1. The number of benzene rings is 2. The van der Waals surface area contributed by atoms with Crippen LogP contribution in [0.25, 0.3) is 0 Å². The Morgan fingerprint density at radius 1 is 1.15 bits per heavy atom. The molecular weight excluding hydrogens is 367 g/mol. The first-order valence-corrected chi connectivity index (χ1v) is 9.00. The van der Waals surface area contributed by atoms with E-state index in [0.717, 1.165) is 11.4 Å². The van der Waals surface area contributed by atoms with E-state index in [1.54, 1.807) is 21.7 Å². The van der Waals surface area contributed by atoms with Crippen LogP contribution >= 0.6 is 11.6 Å². The van der Waals surface area contributed by atoms with Crippen molar-refractivity contribution in [2.75, 3.05) is 23.4 Å². The number of para-hydroxylation sites is 1. The van der Waals surface area contributed by atoms with Gasteiger partial charge in [0.1, 0.15) is 11.5 Å². The van der Waals surface area contributed by atoms with E-state index in [4.69, 9.17) is 11.6 Å². The first-order valence-electron chi connectivity index (χ1n) is 8.63. The third kappa shape index (κ3) is 3.40. The molecule has 0 unspecified atom stereocenters. The Hall–Kier alpha value is -2.86. The van der Waals surface area contributed by atoms with Gasteiger partial charge in [-0.15, -0.1) is 0 Å². The summed E-state index contributed by atoms with van der Waals surface area (Å²) >= 11 is 6.25. The number of nitrogens with zero attached hydrogens (tertiary/aromatic N) is 4. The number of rotatable bonds is 4. The molecule has 5 nitrogen and oxygen atoms in total. The van der Waals surface area contributed by atoms with Crippen LogP contribution in [0.4, 0.5) is 15.8 Å². The van der Waals surface area contributed by atoms with Gasteiger partial charge in [0.2, 0.25) is 0 Å². The Morgan fingerprint density at radius 2 is 1.89 bits per heavy atom. The van der Waals surface area contributed by atoms with Crippen molar-refractivity contribution in [2.45, 2.75) is 13.1 Å². The molecule has 0 bridgehead atoms. The quantitative estimate of drug-likeness (QED) is 0.683. The lowest BCUT2D eigenvalue weighted by atomic mass is 10.2. The van der Waals surface area contributed by atoms with E-state index in [0.29, 0.717) is 36.0 Å². The van der Waals surface area contributed by atoms with Crippen LogP contribution in [0.15, 0.2) is 54.6 Å². The molecule has 1 aliphatic heterocycles. The molecule has 1 aliphatic rings. The van der Waals surface area contributed by atoms with E-state index in [-0.39, 0.29) is 11.7 Å². The van der Waals surface area contributed by atoms with Crippen LogP contribution in [-0.4, -0.2) is 29.3 Å². The van der Waals surface area contributed by atoms with Crippen LogP contribution in [0.3, 0.4) is 0 Å². The Balaban J connectivity index is 1.55. The third-order valence-electron chi connectivity index (χ3n) is 4.63. The van der Waals surface area contributed by atoms with E-state index in [2.05, 4.69) is 5.10 Å². The zero-order valence-corrected chi connectivity index (χ0v) is 15.5. The van der Waals surface area contributed by atoms with Gasteiger partial charge in [0.25, 0.3) is 5.91 Å². The van der Waals surface area contributed by atoms with E-state index in [9.17, 15) is 9.18 Å². The van der Waals surface area contributed by atoms with E-state index >= 15 is 0 Å². The van der Waals surface area contributed by atoms with Crippen molar-refractivity contribution in [2.24, 2.45) is 0 Å². The molecule has 2 aromatic carbocycles. The number of hydrogen-bond donors (Lipinski definition) is 0. The highest BCUT2D eigenvalue weighted by Gasteiger charge is 2.27. The minimum absolute atomic E-state index is 0.132. The van der Waals surface area contributed by atoms with Crippen LogP contribution in [0, 0.1) is 5.82 Å². The van der Waals surface area contributed by atoms with Gasteiger partial charge in [0.05, 0.1) is 29.5 Å². The molecule has 0 aliphatic carbocycles. The maximum Gasteiger partial charge on any atom is 0.276 e. The lowest BCUT2D eigenvalue weighted by Gasteiger charge is -2.27. The van der Waals surface area contributed by atoms with Crippen LogP contribution in [0.2, 0.25) is 5.02 Å². The number of fused-ring (bicyclic) bond motifs is 1. The van der Waals surface area contributed by atoms with Crippen molar-refractivity contribution in [1.29, 1.82) is 0 Å². The normalized spacial score (nSPS) is 13.6. The van der Waals surface area contributed by atoms with E-state index in [1.165, 1.54) is 12.1 Å². The van der Waals surface area contributed by atoms with Gasteiger partial charge in [0, 0.05) is 19.3 Å². The Kier molecular flexibility index (Phi) is 4.58. The predicted molar refractivity (Wildman–Crippen MR) is 104 cm³/mol. The molecule has 7 heteroatoms. The maximum absolute atomic E-state index is 13.2. The molecule has 4 rings (SSSR count). The van der Waals surface area contributed by atoms with Crippen LogP contribution < -0.4 is 9.80 Å². The molecule has 0 spiro atoms. The summed E-state index contributed by atoms with van der Waals surface area (Å²) in [5.41, 5.74) is 2.92. The molecule has 0 saturated heterocycles. The fourth-order valence-electron chi connectivity index (χ4n) is 3.28. The molecular formula is C20H18ClFN4O. The van der Waals surface area contributed by atoms with Gasteiger partial charge in [-0.1, -0.05) is 23.7 Å². The summed E-state index contributed by atoms with van der Waals surface area (Å²) < 4.78 is 14.9. The van der Waals surface area contributed by atoms with Gasteiger partial charge in [-0.3, -0.25) is 9.48 Å². The second kappa shape index (κ2) is 7.04. The highest BCUT2D eigenvalue weighted by Crippen LogP contribution is 2.26. The number of anilines is 2. The lowest BCUT2D eigenvalue weighted by molar-refractivity contribution is 0.0962. The molecule has 27 heavy (non-hydrogen) atoms. The molecule has 0 N–H and O–H groups in total. The van der Waals surface area contributed by atoms with Gasteiger partial charge >= 0.3 is 0 Å². The summed E-state index contributed by atoms with van der Waals surface area (Å²) in [7, 11) is 1.94. The molecule has 1 amide bonds. The van der Waals surface area contributed by atoms with Crippen LogP contribution in [0.5, 0.6) is 0 Å². The molecule has 0 radical (unpaired) electrons. The zero-order chi connectivity index (χ0) is 19.0. The highest BCUT2D eigenvalue weighted by atomic mass is 35.5. The van der Waals surface area contributed by atoms with Gasteiger partial charge in [0.15, 0.2) is 0 Å². The number of amides is 1. The van der Waals surface area contributed by atoms with Crippen molar-refractivity contribution in [3.63, 3.8) is 0 Å². The second-order valence-electron chi connectivity index (χ2n) is 6.48. The average Bonchev–Trinajstić information content (AvgIpc) is 3.07. The first-order chi connectivity index (χ1) is 13.0. The number of carbonyl (C=O) groups excluding carboxylic acids is 1. The number of halogens is 2. The zero-order valence-electron chi connectivity index (χ0n) is 14.8. The SMILES string of the molecule is CN(Cc1cc2n(n1)CCN(c1ccc(F)cc1)C2=O)c1ccccc1Cl. The standard InChI is InChI=1S/C20H18ClFN4O/c1-24(18-5-3-2-4-17(18)21)13-15-12-19-20(27)25(10-11-26(19)23-15)16-8-6-14(22)7-9-16/h2-9,12H,10-11,13H2,1H3. The average molecular weight is 385 g/mol. The third-order valence-corrected chi connectivity index (χ3v) is 4.95. The lowest BCUT2D eigenvalue weighted by Crippen LogP contribution is -2.40. The smallest absolute Gasteiger partial charge is 0.276 e. The summed E-state index contributed by atoms with van der Waals surface area (Å²) in [4.78, 5) is 16.5. The molecule has 1 aromatic heterocycles. The number of aromatic nitrogens is 2. The minimum Gasteiger partial charge on any atom is -0.367 e. The molecule has 138 valence electrons. The van der Waals surface area contributed by atoms with Crippen LogP contribution in [-0.2, 0) is 13.1 Å². The molecule has 3 aromatic rings. The molecule has 0 saturated carbocycles.